The molecule has 4 aromatic rings. The standard InChI is InChI=1S/C28H25NO/c30-28(25-18-21-10-4-5-11-22(21)23-12-6-7-13-24(23)25)27-26(19-8-2-1-3-9-19)20-14-16-29(27)17-15-20/h1-13,18,20,28,30H,14-17H2. The van der Waals surface area contributed by atoms with Crippen molar-refractivity contribution in [2.24, 2.45) is 5.92 Å². The van der Waals surface area contributed by atoms with Gasteiger partial charge in [-0.25, -0.2) is 0 Å². The first-order valence-electron chi connectivity index (χ1n) is 10.9. The fourth-order valence-corrected chi connectivity index (χ4v) is 5.57. The van der Waals surface area contributed by atoms with E-state index in [0.717, 1.165) is 29.7 Å². The zero-order valence-electron chi connectivity index (χ0n) is 17.0. The van der Waals surface area contributed by atoms with Gasteiger partial charge < -0.3 is 10.0 Å². The van der Waals surface area contributed by atoms with Gasteiger partial charge >= 0.3 is 0 Å². The van der Waals surface area contributed by atoms with Gasteiger partial charge in [0.2, 0.25) is 0 Å². The predicted octanol–water partition coefficient (Wildman–Crippen LogP) is 6.16. The number of fused-ring (bicyclic) bond motifs is 5. The molecule has 0 saturated carbocycles. The van der Waals surface area contributed by atoms with Gasteiger partial charge in [-0.1, -0.05) is 78.9 Å². The van der Waals surface area contributed by atoms with Crippen molar-refractivity contribution in [1.82, 2.24) is 4.90 Å². The summed E-state index contributed by atoms with van der Waals surface area (Å²) in [7, 11) is 0. The van der Waals surface area contributed by atoms with Gasteiger partial charge in [-0.3, -0.25) is 0 Å². The van der Waals surface area contributed by atoms with Crippen molar-refractivity contribution in [2.75, 3.05) is 13.1 Å². The fourth-order valence-electron chi connectivity index (χ4n) is 5.57. The van der Waals surface area contributed by atoms with Crippen molar-refractivity contribution in [3.05, 3.63) is 102 Å². The lowest BCUT2D eigenvalue weighted by molar-refractivity contribution is 0.132. The second kappa shape index (κ2) is 7.00. The summed E-state index contributed by atoms with van der Waals surface area (Å²) in [6.45, 7) is 2.08. The summed E-state index contributed by atoms with van der Waals surface area (Å²) in [6, 6.07) is 29.9. The Balaban J connectivity index is 1.61. The third kappa shape index (κ3) is 2.68. The Morgan fingerprint density at radius 1 is 0.733 bits per heavy atom. The zero-order valence-corrected chi connectivity index (χ0v) is 17.0. The fraction of sp³-hybridized carbons (Fsp3) is 0.214. The van der Waals surface area contributed by atoms with E-state index in [1.165, 1.54) is 40.1 Å². The first kappa shape index (κ1) is 17.7. The molecular weight excluding hydrogens is 366 g/mol. The molecule has 0 radical (unpaired) electrons. The summed E-state index contributed by atoms with van der Waals surface area (Å²) in [6.07, 6.45) is 1.73. The molecule has 1 N–H and O–H groups in total. The average molecular weight is 392 g/mol. The highest BCUT2D eigenvalue weighted by molar-refractivity contribution is 6.09. The Kier molecular flexibility index (Phi) is 4.14. The van der Waals surface area contributed by atoms with Crippen LogP contribution in [0.5, 0.6) is 0 Å². The van der Waals surface area contributed by atoms with Crippen LogP contribution in [0.4, 0.5) is 0 Å². The summed E-state index contributed by atoms with van der Waals surface area (Å²) in [5.74, 6) is 0.536. The van der Waals surface area contributed by atoms with Crippen LogP contribution in [0, 0.1) is 5.92 Å². The molecule has 2 nitrogen and oxygen atoms in total. The van der Waals surface area contributed by atoms with E-state index in [-0.39, 0.29) is 0 Å². The van der Waals surface area contributed by atoms with Gasteiger partial charge in [0.1, 0.15) is 6.10 Å². The molecule has 3 aliphatic heterocycles. The lowest BCUT2D eigenvalue weighted by atomic mass is 9.77. The molecule has 3 aliphatic rings. The number of allylic oxidation sites excluding steroid dienone is 1. The number of aliphatic hydroxyl groups excluding tert-OH is 1. The van der Waals surface area contributed by atoms with Crippen molar-refractivity contribution in [2.45, 2.75) is 18.9 Å². The van der Waals surface area contributed by atoms with E-state index in [0.29, 0.717) is 5.92 Å². The maximum absolute atomic E-state index is 11.9. The second-order valence-electron chi connectivity index (χ2n) is 8.56. The van der Waals surface area contributed by atoms with Crippen LogP contribution < -0.4 is 0 Å². The Hall–Kier alpha value is -3.10. The molecule has 1 atom stereocenters. The molecular formula is C28H25NO. The van der Waals surface area contributed by atoms with Crippen molar-refractivity contribution in [3.63, 3.8) is 0 Å². The molecule has 2 heteroatoms. The lowest BCUT2D eigenvalue weighted by Gasteiger charge is -2.46. The van der Waals surface area contributed by atoms with Gasteiger partial charge in [-0.2, -0.15) is 0 Å². The molecule has 148 valence electrons. The molecule has 1 saturated heterocycles. The quantitative estimate of drug-likeness (QED) is 0.423. The molecule has 7 rings (SSSR count). The van der Waals surface area contributed by atoms with E-state index >= 15 is 0 Å². The van der Waals surface area contributed by atoms with Gasteiger partial charge in [-0.05, 0) is 63.1 Å². The number of hydrogen-bond acceptors (Lipinski definition) is 2. The second-order valence-corrected chi connectivity index (χ2v) is 8.56. The van der Waals surface area contributed by atoms with Crippen LogP contribution in [-0.2, 0) is 0 Å². The highest BCUT2D eigenvalue weighted by Gasteiger charge is 2.37. The van der Waals surface area contributed by atoms with Crippen molar-refractivity contribution >= 4 is 27.1 Å². The van der Waals surface area contributed by atoms with Gasteiger partial charge in [0.05, 0.1) is 5.70 Å². The first-order chi connectivity index (χ1) is 14.8. The van der Waals surface area contributed by atoms with Crippen molar-refractivity contribution < 1.29 is 5.11 Å². The van der Waals surface area contributed by atoms with E-state index < -0.39 is 6.10 Å². The van der Waals surface area contributed by atoms with E-state index in [9.17, 15) is 5.11 Å². The Labute approximate surface area is 177 Å². The summed E-state index contributed by atoms with van der Waals surface area (Å²) < 4.78 is 0. The number of nitrogens with zero attached hydrogens (tertiary/aromatic N) is 1. The van der Waals surface area contributed by atoms with Crippen LogP contribution in [0.1, 0.15) is 30.1 Å². The topological polar surface area (TPSA) is 23.5 Å². The molecule has 1 unspecified atom stereocenters. The molecule has 0 amide bonds. The lowest BCUT2D eigenvalue weighted by Crippen LogP contribution is -2.41. The van der Waals surface area contributed by atoms with Gasteiger partial charge in [0.15, 0.2) is 0 Å². The Morgan fingerprint density at radius 3 is 2.13 bits per heavy atom. The minimum Gasteiger partial charge on any atom is -0.382 e. The third-order valence-corrected chi connectivity index (χ3v) is 6.96. The van der Waals surface area contributed by atoms with Crippen LogP contribution in [0.3, 0.4) is 0 Å². The van der Waals surface area contributed by atoms with Gasteiger partial charge in [0.25, 0.3) is 0 Å². The Bertz CT molecular complexity index is 1270. The predicted molar refractivity (Wildman–Crippen MR) is 124 cm³/mol. The molecule has 0 spiro atoms. The molecule has 1 fully saturated rings. The largest absolute Gasteiger partial charge is 0.382 e. The maximum Gasteiger partial charge on any atom is 0.120 e. The van der Waals surface area contributed by atoms with Crippen molar-refractivity contribution in [3.8, 4) is 0 Å². The Morgan fingerprint density at radius 2 is 1.37 bits per heavy atom. The minimum atomic E-state index is -0.627. The van der Waals surface area contributed by atoms with Crippen LogP contribution >= 0.6 is 0 Å². The third-order valence-electron chi connectivity index (χ3n) is 6.96. The molecule has 2 bridgehead atoms. The van der Waals surface area contributed by atoms with Crippen LogP contribution in [0.15, 0.2) is 90.6 Å². The summed E-state index contributed by atoms with van der Waals surface area (Å²) in [5.41, 5.74) is 4.73. The maximum atomic E-state index is 11.9. The number of aliphatic hydroxyl groups is 1. The summed E-state index contributed by atoms with van der Waals surface area (Å²) >= 11 is 0. The molecule has 3 heterocycles. The average Bonchev–Trinajstić information content (AvgIpc) is 2.84. The SMILES string of the molecule is OC(C1=C(c2ccccc2)C2CCN1CC2)c1cc2ccccc2c2ccccc12. The molecule has 0 aromatic heterocycles. The van der Waals surface area contributed by atoms with Crippen LogP contribution in [-0.4, -0.2) is 23.1 Å². The number of rotatable bonds is 3. The van der Waals surface area contributed by atoms with E-state index in [1.807, 2.05) is 0 Å². The number of hydrogen-bond donors (Lipinski definition) is 1. The minimum absolute atomic E-state index is 0.536. The monoisotopic (exact) mass is 391 g/mol. The molecule has 0 aliphatic carbocycles. The van der Waals surface area contributed by atoms with Gasteiger partial charge in [0, 0.05) is 13.1 Å². The number of benzene rings is 4. The van der Waals surface area contributed by atoms with Gasteiger partial charge in [-0.15, -0.1) is 0 Å². The van der Waals surface area contributed by atoms with Crippen LogP contribution in [0.2, 0.25) is 0 Å². The van der Waals surface area contributed by atoms with E-state index in [1.54, 1.807) is 0 Å². The molecule has 4 aromatic carbocycles. The highest BCUT2D eigenvalue weighted by Crippen LogP contribution is 2.47. The summed E-state index contributed by atoms with van der Waals surface area (Å²) in [4.78, 5) is 2.43. The summed E-state index contributed by atoms with van der Waals surface area (Å²) in [5, 5.41) is 16.6. The smallest absolute Gasteiger partial charge is 0.120 e. The first-order valence-corrected chi connectivity index (χ1v) is 10.9. The van der Waals surface area contributed by atoms with E-state index in [4.69, 9.17) is 0 Å². The van der Waals surface area contributed by atoms with Crippen molar-refractivity contribution in [1.29, 1.82) is 0 Å². The number of piperidine rings is 1. The normalized spacial score (nSPS) is 17.8. The highest BCUT2D eigenvalue weighted by atomic mass is 16.3. The zero-order chi connectivity index (χ0) is 20.1. The molecule has 30 heavy (non-hydrogen) atoms. The van der Waals surface area contributed by atoms with E-state index in [2.05, 4.69) is 89.8 Å². The van der Waals surface area contributed by atoms with Crippen LogP contribution in [0.25, 0.3) is 27.1 Å².